The molecule has 1 saturated heterocycles. The average Bonchev–Trinajstić information content (AvgIpc) is 2.96. The van der Waals surface area contributed by atoms with Gasteiger partial charge in [-0.05, 0) is 79.1 Å². The lowest BCUT2D eigenvalue weighted by Gasteiger charge is -2.36. The van der Waals surface area contributed by atoms with E-state index in [2.05, 4.69) is 0 Å². The van der Waals surface area contributed by atoms with Gasteiger partial charge in [0.15, 0.2) is 0 Å². The van der Waals surface area contributed by atoms with Crippen molar-refractivity contribution >= 4 is 27.5 Å². The number of carbonyl (C=O) groups is 2. The topological polar surface area (TPSA) is 96.0 Å². The molecule has 1 aliphatic heterocycles. The zero-order valence-corrected chi connectivity index (χ0v) is 24.1. The van der Waals surface area contributed by atoms with E-state index in [-0.39, 0.29) is 11.5 Å². The number of piperazine rings is 1. The molecule has 12 heteroatoms. The fourth-order valence-corrected chi connectivity index (χ4v) is 5.72. The predicted molar refractivity (Wildman–Crippen MR) is 154 cm³/mol. The summed E-state index contributed by atoms with van der Waals surface area (Å²) in [6, 6.07) is 19.6. The molecule has 1 aliphatic rings. The molecule has 0 aromatic heterocycles. The maximum absolute atomic E-state index is 13.2. The molecule has 42 heavy (non-hydrogen) atoms. The van der Waals surface area contributed by atoms with Crippen molar-refractivity contribution in [2.75, 3.05) is 43.4 Å². The molecule has 0 atom stereocenters. The quantitative estimate of drug-likeness (QED) is 0.369. The summed E-state index contributed by atoms with van der Waals surface area (Å²) in [5, 5.41) is 0. The van der Waals surface area contributed by atoms with Crippen molar-refractivity contribution < 1.29 is 35.9 Å². The zero-order chi connectivity index (χ0) is 30.5. The van der Waals surface area contributed by atoms with E-state index >= 15 is 0 Å². The standard InChI is InChI=1S/C30H32F3N3O5S/c1-3-41-26-6-4-5-23(20-26)27-12-9-24(19-21(27)2)29(38)36-16-14-35(15-17-36)25-10-7-22(8-11-25)28(37)34-42(39,40)18-13-30(31,32)33/h4-12,19-20H,3,13-18H2,1-2H3,(H,34,37). The summed E-state index contributed by atoms with van der Waals surface area (Å²) < 4.78 is 67.9. The Hall–Kier alpha value is -4.06. The highest BCUT2D eigenvalue weighted by atomic mass is 32.2. The van der Waals surface area contributed by atoms with E-state index in [0.29, 0.717) is 38.3 Å². The second-order valence-electron chi connectivity index (χ2n) is 9.93. The summed E-state index contributed by atoms with van der Waals surface area (Å²) in [6.45, 7) is 6.54. The molecule has 0 unspecified atom stereocenters. The highest BCUT2D eigenvalue weighted by Gasteiger charge is 2.30. The van der Waals surface area contributed by atoms with Crippen molar-refractivity contribution in [3.63, 3.8) is 0 Å². The van der Waals surface area contributed by atoms with Crippen LogP contribution in [0, 0.1) is 6.92 Å². The van der Waals surface area contributed by atoms with Crippen molar-refractivity contribution in [1.29, 1.82) is 0 Å². The maximum atomic E-state index is 13.2. The van der Waals surface area contributed by atoms with Crippen molar-refractivity contribution in [3.8, 4) is 16.9 Å². The first-order valence-electron chi connectivity index (χ1n) is 13.4. The lowest BCUT2D eigenvalue weighted by molar-refractivity contribution is -0.130. The van der Waals surface area contributed by atoms with E-state index in [1.54, 1.807) is 21.8 Å². The van der Waals surface area contributed by atoms with Crippen molar-refractivity contribution in [1.82, 2.24) is 9.62 Å². The average molecular weight is 604 g/mol. The minimum absolute atomic E-state index is 0.00609. The highest BCUT2D eigenvalue weighted by molar-refractivity contribution is 7.90. The van der Waals surface area contributed by atoms with Gasteiger partial charge in [-0.25, -0.2) is 13.1 Å². The summed E-state index contributed by atoms with van der Waals surface area (Å²) in [7, 11) is -4.43. The van der Waals surface area contributed by atoms with Gasteiger partial charge in [0, 0.05) is 43.0 Å². The maximum Gasteiger partial charge on any atom is 0.390 e. The van der Waals surface area contributed by atoms with Crippen LogP contribution in [0.25, 0.3) is 11.1 Å². The molecule has 1 N–H and O–H groups in total. The Morgan fingerprint density at radius 3 is 2.21 bits per heavy atom. The van der Waals surface area contributed by atoms with Crippen molar-refractivity contribution in [3.05, 3.63) is 83.4 Å². The number of carbonyl (C=O) groups excluding carboxylic acids is 2. The van der Waals surface area contributed by atoms with Crippen LogP contribution in [0.1, 0.15) is 39.6 Å². The van der Waals surface area contributed by atoms with Crippen LogP contribution in [0.15, 0.2) is 66.7 Å². The highest BCUT2D eigenvalue weighted by Crippen LogP contribution is 2.28. The number of anilines is 1. The van der Waals surface area contributed by atoms with Gasteiger partial charge in [-0.2, -0.15) is 13.2 Å². The van der Waals surface area contributed by atoms with Gasteiger partial charge < -0.3 is 14.5 Å². The minimum Gasteiger partial charge on any atom is -0.494 e. The molecule has 224 valence electrons. The first-order chi connectivity index (χ1) is 19.8. The van der Waals surface area contributed by atoms with Gasteiger partial charge >= 0.3 is 6.18 Å². The largest absolute Gasteiger partial charge is 0.494 e. The SMILES string of the molecule is CCOc1cccc(-c2ccc(C(=O)N3CCN(c4ccc(C(=O)NS(=O)(=O)CCC(F)(F)F)cc4)CC3)cc2C)c1. The summed E-state index contributed by atoms with van der Waals surface area (Å²) in [5.74, 6) is -1.50. The third kappa shape index (κ3) is 8.03. The second-order valence-corrected chi connectivity index (χ2v) is 11.8. The lowest BCUT2D eigenvalue weighted by atomic mass is 9.97. The smallest absolute Gasteiger partial charge is 0.390 e. The number of sulfonamides is 1. The van der Waals surface area contributed by atoms with Gasteiger partial charge in [-0.15, -0.1) is 0 Å². The van der Waals surface area contributed by atoms with Crippen LogP contribution in [0.4, 0.5) is 18.9 Å². The van der Waals surface area contributed by atoms with Gasteiger partial charge in [-0.1, -0.05) is 18.2 Å². The van der Waals surface area contributed by atoms with Crippen LogP contribution in [-0.4, -0.2) is 69.8 Å². The lowest BCUT2D eigenvalue weighted by Crippen LogP contribution is -2.48. The Bertz CT molecular complexity index is 1530. The molecule has 0 radical (unpaired) electrons. The molecule has 0 bridgehead atoms. The number of nitrogens with one attached hydrogen (secondary N) is 1. The fourth-order valence-electron chi connectivity index (χ4n) is 4.72. The van der Waals surface area contributed by atoms with E-state index in [1.807, 2.05) is 61.2 Å². The Morgan fingerprint density at radius 2 is 1.60 bits per heavy atom. The summed E-state index contributed by atoms with van der Waals surface area (Å²) in [5.41, 5.74) is 4.39. The summed E-state index contributed by atoms with van der Waals surface area (Å²) in [6.07, 6.45) is -6.19. The number of benzene rings is 3. The van der Waals surface area contributed by atoms with Crippen LogP contribution >= 0.6 is 0 Å². The van der Waals surface area contributed by atoms with Crippen LogP contribution in [0.2, 0.25) is 0 Å². The molecule has 8 nitrogen and oxygen atoms in total. The van der Waals surface area contributed by atoms with Crippen LogP contribution in [0.3, 0.4) is 0 Å². The van der Waals surface area contributed by atoms with E-state index in [0.717, 1.165) is 28.1 Å². The van der Waals surface area contributed by atoms with Gasteiger partial charge in [0.1, 0.15) is 5.75 Å². The van der Waals surface area contributed by atoms with Gasteiger partial charge in [0.05, 0.1) is 18.8 Å². The number of hydrogen-bond donors (Lipinski definition) is 1. The first-order valence-corrected chi connectivity index (χ1v) is 15.1. The molecule has 2 amide bonds. The molecule has 0 aliphatic carbocycles. The third-order valence-electron chi connectivity index (χ3n) is 6.89. The Kier molecular flexibility index (Phi) is 9.45. The molecule has 1 heterocycles. The number of hydrogen-bond acceptors (Lipinski definition) is 6. The monoisotopic (exact) mass is 603 g/mol. The number of halogens is 3. The van der Waals surface area contributed by atoms with Crippen molar-refractivity contribution in [2.24, 2.45) is 0 Å². The minimum atomic E-state index is -4.64. The van der Waals surface area contributed by atoms with Crippen LogP contribution < -0.4 is 14.4 Å². The summed E-state index contributed by atoms with van der Waals surface area (Å²) in [4.78, 5) is 29.3. The number of ether oxygens (including phenoxy) is 1. The van der Waals surface area contributed by atoms with Crippen molar-refractivity contribution in [2.45, 2.75) is 26.4 Å². The molecule has 3 aromatic rings. The molecular formula is C30H32F3N3O5S. The van der Waals surface area contributed by atoms with E-state index in [1.165, 1.54) is 12.1 Å². The first kappa shape index (κ1) is 30.9. The zero-order valence-electron chi connectivity index (χ0n) is 23.3. The van der Waals surface area contributed by atoms with E-state index < -0.39 is 34.3 Å². The molecule has 0 saturated carbocycles. The number of amides is 2. The van der Waals surface area contributed by atoms with Gasteiger partial charge in [0.25, 0.3) is 11.8 Å². The third-order valence-corrected chi connectivity index (χ3v) is 8.13. The predicted octanol–water partition coefficient (Wildman–Crippen LogP) is 5.04. The Balaban J connectivity index is 1.33. The number of nitrogens with zero attached hydrogens (tertiary/aromatic N) is 2. The number of alkyl halides is 3. The summed E-state index contributed by atoms with van der Waals surface area (Å²) >= 11 is 0. The normalized spacial score (nSPS) is 14.0. The fraction of sp³-hybridized carbons (Fsp3) is 0.333. The Labute approximate surface area is 243 Å². The molecule has 0 spiro atoms. The number of rotatable bonds is 9. The van der Waals surface area contributed by atoms with E-state index in [9.17, 15) is 31.2 Å². The Morgan fingerprint density at radius 1 is 0.929 bits per heavy atom. The molecular weight excluding hydrogens is 571 g/mol. The van der Waals surface area contributed by atoms with Crippen LogP contribution in [0.5, 0.6) is 5.75 Å². The molecule has 3 aromatic carbocycles. The molecule has 1 fully saturated rings. The van der Waals surface area contributed by atoms with Gasteiger partial charge in [0.2, 0.25) is 10.0 Å². The number of aryl methyl sites for hydroxylation is 1. The van der Waals surface area contributed by atoms with Gasteiger partial charge in [-0.3, -0.25) is 9.59 Å². The van der Waals surface area contributed by atoms with Crippen LogP contribution in [-0.2, 0) is 10.0 Å². The van der Waals surface area contributed by atoms with E-state index in [4.69, 9.17) is 4.74 Å². The molecule has 4 rings (SSSR count). The second kappa shape index (κ2) is 12.8.